The Morgan fingerprint density at radius 1 is 1.42 bits per heavy atom. The van der Waals surface area contributed by atoms with Crippen LogP contribution < -0.4 is 0 Å². The predicted molar refractivity (Wildman–Crippen MR) is 73.9 cm³/mol. The first-order chi connectivity index (χ1) is 9.35. The van der Waals surface area contributed by atoms with E-state index in [1.54, 1.807) is 6.26 Å². The van der Waals surface area contributed by atoms with Gasteiger partial charge in [-0.25, -0.2) is 0 Å². The van der Waals surface area contributed by atoms with Gasteiger partial charge in [-0.3, -0.25) is 9.80 Å². The molecule has 0 bridgehead atoms. The number of piperazine rings is 1. The third-order valence-electron chi connectivity index (χ3n) is 4.07. The Kier molecular flexibility index (Phi) is 4.01. The summed E-state index contributed by atoms with van der Waals surface area (Å²) in [5, 5.41) is 0. The molecule has 19 heavy (non-hydrogen) atoms. The van der Waals surface area contributed by atoms with E-state index in [9.17, 15) is 0 Å². The lowest BCUT2D eigenvalue weighted by Gasteiger charge is -2.36. The van der Waals surface area contributed by atoms with Gasteiger partial charge in [0.25, 0.3) is 0 Å². The first-order valence-corrected chi connectivity index (χ1v) is 7.06. The quantitative estimate of drug-likeness (QED) is 0.756. The van der Waals surface area contributed by atoms with E-state index in [-0.39, 0.29) is 0 Å². The maximum Gasteiger partial charge on any atom is 0.117 e. The first kappa shape index (κ1) is 12.9. The maximum atomic E-state index is 5.79. The second-order valence-corrected chi connectivity index (χ2v) is 5.44. The van der Waals surface area contributed by atoms with Crippen molar-refractivity contribution in [3.8, 4) is 0 Å². The Hall–Kier alpha value is -1.10. The first-order valence-electron chi connectivity index (χ1n) is 7.06. The smallest absolute Gasteiger partial charge is 0.117 e. The van der Waals surface area contributed by atoms with Crippen molar-refractivity contribution in [1.29, 1.82) is 0 Å². The summed E-state index contributed by atoms with van der Waals surface area (Å²) >= 11 is 0. The minimum atomic E-state index is 0.381. The zero-order chi connectivity index (χ0) is 13.1. The van der Waals surface area contributed by atoms with Crippen LogP contribution in [0, 0.1) is 0 Å². The highest BCUT2D eigenvalue weighted by atomic mass is 16.5. The molecule has 104 valence electrons. The van der Waals surface area contributed by atoms with Crippen LogP contribution >= 0.6 is 0 Å². The molecule has 1 aromatic heterocycles. The van der Waals surface area contributed by atoms with Crippen molar-refractivity contribution in [1.82, 2.24) is 9.80 Å². The molecule has 0 N–H and O–H groups in total. The highest BCUT2D eigenvalue weighted by Crippen LogP contribution is 2.24. The summed E-state index contributed by atoms with van der Waals surface area (Å²) < 4.78 is 11.2. The molecule has 2 aliphatic rings. The van der Waals surface area contributed by atoms with E-state index in [4.69, 9.17) is 9.15 Å². The van der Waals surface area contributed by atoms with E-state index in [1.807, 2.05) is 12.1 Å². The van der Waals surface area contributed by atoms with E-state index in [0.29, 0.717) is 18.8 Å². The number of fused-ring (bicyclic) bond motifs is 1. The standard InChI is InChI=1S/C15H22N2O2/c1-2-7-18-15-9-13-10-16(5-6-17(13)12-15)11-14-4-3-8-19-14/h2-4,8,13,15H,1,5-7,9-12H2. The van der Waals surface area contributed by atoms with Crippen molar-refractivity contribution < 1.29 is 9.15 Å². The summed E-state index contributed by atoms with van der Waals surface area (Å²) in [5.74, 6) is 1.06. The van der Waals surface area contributed by atoms with Crippen molar-refractivity contribution in [2.24, 2.45) is 0 Å². The van der Waals surface area contributed by atoms with Crippen LogP contribution in [0.15, 0.2) is 35.5 Å². The molecule has 3 rings (SSSR count). The van der Waals surface area contributed by atoms with Crippen LogP contribution in [0.1, 0.15) is 12.2 Å². The Morgan fingerprint density at radius 2 is 2.37 bits per heavy atom. The van der Waals surface area contributed by atoms with Gasteiger partial charge >= 0.3 is 0 Å². The molecule has 3 heterocycles. The third-order valence-corrected chi connectivity index (χ3v) is 4.07. The Bertz CT molecular complexity index is 404. The van der Waals surface area contributed by atoms with Crippen LogP contribution in [0.25, 0.3) is 0 Å². The minimum Gasteiger partial charge on any atom is -0.468 e. The van der Waals surface area contributed by atoms with Crippen molar-refractivity contribution in [3.05, 3.63) is 36.8 Å². The minimum absolute atomic E-state index is 0.381. The summed E-state index contributed by atoms with van der Waals surface area (Å²) in [6.45, 7) is 9.75. The molecule has 0 aromatic carbocycles. The monoisotopic (exact) mass is 262 g/mol. The fraction of sp³-hybridized carbons (Fsp3) is 0.600. The molecule has 0 radical (unpaired) electrons. The number of nitrogens with zero attached hydrogens (tertiary/aromatic N) is 2. The van der Waals surface area contributed by atoms with Gasteiger partial charge in [-0.15, -0.1) is 6.58 Å². The van der Waals surface area contributed by atoms with Gasteiger partial charge in [0.05, 0.1) is 25.5 Å². The molecule has 4 heteroatoms. The number of ether oxygens (including phenoxy) is 1. The average molecular weight is 262 g/mol. The van der Waals surface area contributed by atoms with Gasteiger partial charge in [0.15, 0.2) is 0 Å². The molecular formula is C15H22N2O2. The van der Waals surface area contributed by atoms with Gasteiger partial charge in [-0.05, 0) is 18.6 Å². The van der Waals surface area contributed by atoms with E-state index < -0.39 is 0 Å². The molecule has 2 unspecified atom stereocenters. The fourth-order valence-corrected chi connectivity index (χ4v) is 3.15. The fourth-order valence-electron chi connectivity index (χ4n) is 3.15. The molecule has 1 aromatic rings. The van der Waals surface area contributed by atoms with Crippen LogP contribution in [-0.2, 0) is 11.3 Å². The van der Waals surface area contributed by atoms with Crippen LogP contribution in [-0.4, -0.2) is 54.7 Å². The van der Waals surface area contributed by atoms with Crippen LogP contribution in [0.3, 0.4) is 0 Å². The van der Waals surface area contributed by atoms with E-state index >= 15 is 0 Å². The van der Waals surface area contributed by atoms with Crippen molar-refractivity contribution in [3.63, 3.8) is 0 Å². The largest absolute Gasteiger partial charge is 0.468 e. The molecule has 2 fully saturated rings. The number of furan rings is 1. The second kappa shape index (κ2) is 5.90. The van der Waals surface area contributed by atoms with E-state index in [1.165, 1.54) is 0 Å². The maximum absolute atomic E-state index is 5.79. The van der Waals surface area contributed by atoms with Crippen molar-refractivity contribution >= 4 is 0 Å². The summed E-state index contributed by atoms with van der Waals surface area (Å²) in [6.07, 6.45) is 5.11. The molecule has 2 atom stereocenters. The molecule has 0 saturated carbocycles. The molecule has 2 saturated heterocycles. The second-order valence-electron chi connectivity index (χ2n) is 5.44. The molecular weight excluding hydrogens is 240 g/mol. The van der Waals surface area contributed by atoms with Crippen molar-refractivity contribution in [2.75, 3.05) is 32.8 Å². The lowest BCUT2D eigenvalue weighted by Crippen LogP contribution is -2.49. The zero-order valence-corrected chi connectivity index (χ0v) is 11.3. The molecule has 2 aliphatic heterocycles. The van der Waals surface area contributed by atoms with E-state index in [2.05, 4.69) is 22.4 Å². The summed E-state index contributed by atoms with van der Waals surface area (Å²) in [7, 11) is 0. The van der Waals surface area contributed by atoms with E-state index in [0.717, 1.165) is 44.9 Å². The number of hydrogen-bond donors (Lipinski definition) is 0. The average Bonchev–Trinajstić information content (AvgIpc) is 3.04. The Morgan fingerprint density at radius 3 is 3.16 bits per heavy atom. The van der Waals surface area contributed by atoms with Gasteiger partial charge in [-0.2, -0.15) is 0 Å². The molecule has 0 spiro atoms. The number of rotatable bonds is 5. The Labute approximate surface area is 114 Å². The lowest BCUT2D eigenvalue weighted by molar-refractivity contribution is 0.0748. The van der Waals surface area contributed by atoms with Crippen molar-refractivity contribution in [2.45, 2.75) is 25.1 Å². The van der Waals surface area contributed by atoms with Gasteiger partial charge < -0.3 is 9.15 Å². The highest BCUT2D eigenvalue weighted by molar-refractivity contribution is 5.00. The summed E-state index contributed by atoms with van der Waals surface area (Å²) in [5.41, 5.74) is 0. The third kappa shape index (κ3) is 3.08. The SMILES string of the molecule is C=CCOC1CC2CN(Cc3ccco3)CCN2C1. The highest BCUT2D eigenvalue weighted by Gasteiger charge is 2.36. The topological polar surface area (TPSA) is 28.9 Å². The molecule has 4 nitrogen and oxygen atoms in total. The molecule has 0 amide bonds. The normalized spacial score (nSPS) is 28.4. The predicted octanol–water partition coefficient (Wildman–Crippen LogP) is 1.74. The van der Waals surface area contributed by atoms with Crippen LogP contribution in [0.4, 0.5) is 0 Å². The van der Waals surface area contributed by atoms with Gasteiger partial charge in [0.1, 0.15) is 5.76 Å². The van der Waals surface area contributed by atoms with Gasteiger partial charge in [-0.1, -0.05) is 6.08 Å². The number of hydrogen-bond acceptors (Lipinski definition) is 4. The lowest BCUT2D eigenvalue weighted by atomic mass is 10.1. The van der Waals surface area contributed by atoms with Gasteiger partial charge in [0, 0.05) is 32.2 Å². The zero-order valence-electron chi connectivity index (χ0n) is 11.3. The summed E-state index contributed by atoms with van der Waals surface area (Å²) in [6, 6.07) is 4.65. The van der Waals surface area contributed by atoms with Crippen LogP contribution in [0.5, 0.6) is 0 Å². The summed E-state index contributed by atoms with van der Waals surface area (Å²) in [4.78, 5) is 5.04. The molecule has 0 aliphatic carbocycles. The van der Waals surface area contributed by atoms with Crippen LogP contribution in [0.2, 0.25) is 0 Å². The van der Waals surface area contributed by atoms with Gasteiger partial charge in [0.2, 0.25) is 0 Å². The Balaban J connectivity index is 1.51.